The molecule has 2 aromatic rings. The van der Waals surface area contributed by atoms with Gasteiger partial charge >= 0.3 is 0 Å². The molecule has 18 heavy (non-hydrogen) atoms. The maximum absolute atomic E-state index is 4.29. The fourth-order valence-corrected chi connectivity index (χ4v) is 2.16. The zero-order valence-corrected chi connectivity index (χ0v) is 12.2. The SMILES string of the molecule is Cc1cc(NC(C)Cc2ccccc2)cnc1Br. The van der Waals surface area contributed by atoms with Crippen LogP contribution in [0, 0.1) is 6.92 Å². The summed E-state index contributed by atoms with van der Waals surface area (Å²) in [4.78, 5) is 4.29. The number of halogens is 1. The van der Waals surface area contributed by atoms with E-state index in [0.717, 1.165) is 22.3 Å². The quantitative estimate of drug-likeness (QED) is 0.857. The van der Waals surface area contributed by atoms with Gasteiger partial charge in [0.1, 0.15) is 4.60 Å². The first kappa shape index (κ1) is 13.1. The van der Waals surface area contributed by atoms with E-state index in [1.54, 1.807) is 0 Å². The lowest BCUT2D eigenvalue weighted by molar-refractivity contribution is 0.789. The average molecular weight is 305 g/mol. The molecule has 0 saturated carbocycles. The standard InChI is InChI=1S/C15H17BrN2/c1-11-8-14(10-17-15(11)16)18-12(2)9-13-6-4-3-5-7-13/h3-8,10,12,18H,9H2,1-2H3. The molecule has 1 N–H and O–H groups in total. The van der Waals surface area contributed by atoms with Crippen molar-refractivity contribution in [1.82, 2.24) is 4.98 Å². The molecule has 0 saturated heterocycles. The molecule has 0 aliphatic heterocycles. The van der Waals surface area contributed by atoms with Crippen molar-refractivity contribution in [2.24, 2.45) is 0 Å². The van der Waals surface area contributed by atoms with E-state index in [4.69, 9.17) is 0 Å². The maximum atomic E-state index is 4.29. The molecule has 1 heterocycles. The Morgan fingerprint density at radius 3 is 2.67 bits per heavy atom. The van der Waals surface area contributed by atoms with Crippen LogP contribution in [0.5, 0.6) is 0 Å². The van der Waals surface area contributed by atoms with Crippen molar-refractivity contribution in [2.45, 2.75) is 26.3 Å². The number of aromatic nitrogens is 1. The molecule has 1 aromatic carbocycles. The topological polar surface area (TPSA) is 24.9 Å². The van der Waals surface area contributed by atoms with Crippen molar-refractivity contribution < 1.29 is 0 Å². The lowest BCUT2D eigenvalue weighted by atomic mass is 10.1. The number of rotatable bonds is 4. The second kappa shape index (κ2) is 6.01. The minimum Gasteiger partial charge on any atom is -0.381 e. The van der Waals surface area contributed by atoms with E-state index in [-0.39, 0.29) is 0 Å². The fraction of sp³-hybridized carbons (Fsp3) is 0.267. The molecule has 0 amide bonds. The fourth-order valence-electron chi connectivity index (χ4n) is 1.94. The summed E-state index contributed by atoms with van der Waals surface area (Å²) in [7, 11) is 0. The molecular formula is C15H17BrN2. The van der Waals surface area contributed by atoms with Crippen molar-refractivity contribution >= 4 is 21.6 Å². The highest BCUT2D eigenvalue weighted by atomic mass is 79.9. The minimum absolute atomic E-state index is 0.384. The second-order valence-corrected chi connectivity index (χ2v) is 5.32. The molecule has 1 aromatic heterocycles. The summed E-state index contributed by atoms with van der Waals surface area (Å²) in [6.45, 7) is 4.23. The molecule has 1 unspecified atom stereocenters. The molecular weight excluding hydrogens is 288 g/mol. The van der Waals surface area contributed by atoms with Crippen LogP contribution < -0.4 is 5.32 Å². The zero-order valence-electron chi connectivity index (χ0n) is 10.7. The van der Waals surface area contributed by atoms with Crippen LogP contribution in [0.25, 0.3) is 0 Å². The summed E-state index contributed by atoms with van der Waals surface area (Å²) in [6, 6.07) is 13.0. The Labute approximate surface area is 117 Å². The largest absolute Gasteiger partial charge is 0.381 e. The highest BCUT2D eigenvalue weighted by Gasteiger charge is 2.05. The third kappa shape index (κ3) is 3.57. The summed E-state index contributed by atoms with van der Waals surface area (Å²) >= 11 is 3.41. The van der Waals surface area contributed by atoms with Crippen molar-refractivity contribution in [3.05, 3.63) is 58.3 Å². The Morgan fingerprint density at radius 2 is 2.00 bits per heavy atom. The van der Waals surface area contributed by atoms with Gasteiger partial charge in [0.15, 0.2) is 0 Å². The molecule has 0 spiro atoms. The Hall–Kier alpha value is -1.35. The predicted octanol–water partition coefficient (Wildman–Crippen LogP) is 4.20. The summed E-state index contributed by atoms with van der Waals surface area (Å²) in [5.74, 6) is 0. The number of nitrogens with one attached hydrogen (secondary N) is 1. The average Bonchev–Trinajstić information content (AvgIpc) is 2.35. The molecule has 0 fully saturated rings. The van der Waals surface area contributed by atoms with Crippen LogP contribution >= 0.6 is 15.9 Å². The van der Waals surface area contributed by atoms with Crippen LogP contribution in [0.1, 0.15) is 18.1 Å². The van der Waals surface area contributed by atoms with E-state index >= 15 is 0 Å². The number of hydrogen-bond acceptors (Lipinski definition) is 2. The van der Waals surface area contributed by atoms with E-state index in [1.165, 1.54) is 5.56 Å². The number of pyridine rings is 1. The Morgan fingerprint density at radius 1 is 1.28 bits per heavy atom. The molecule has 1 atom stereocenters. The number of hydrogen-bond donors (Lipinski definition) is 1. The smallest absolute Gasteiger partial charge is 0.109 e. The van der Waals surface area contributed by atoms with Crippen LogP contribution in [-0.2, 0) is 6.42 Å². The zero-order chi connectivity index (χ0) is 13.0. The normalized spacial score (nSPS) is 12.2. The Bertz CT molecular complexity index is 511. The lowest BCUT2D eigenvalue weighted by Gasteiger charge is -2.15. The Balaban J connectivity index is 1.99. The molecule has 94 valence electrons. The summed E-state index contributed by atoms with van der Waals surface area (Å²) in [5.41, 5.74) is 3.56. The van der Waals surface area contributed by atoms with Gasteiger partial charge in [-0.25, -0.2) is 4.98 Å². The van der Waals surface area contributed by atoms with Crippen LogP contribution in [0.2, 0.25) is 0 Å². The highest BCUT2D eigenvalue weighted by molar-refractivity contribution is 9.10. The third-order valence-electron chi connectivity index (χ3n) is 2.81. The van der Waals surface area contributed by atoms with Crippen LogP contribution in [0.4, 0.5) is 5.69 Å². The van der Waals surface area contributed by atoms with Gasteiger partial charge in [0.25, 0.3) is 0 Å². The molecule has 0 bridgehead atoms. The van der Waals surface area contributed by atoms with E-state index in [0.29, 0.717) is 6.04 Å². The number of anilines is 1. The molecule has 0 aliphatic rings. The van der Waals surface area contributed by atoms with Crippen molar-refractivity contribution in [2.75, 3.05) is 5.32 Å². The number of aryl methyl sites for hydroxylation is 1. The lowest BCUT2D eigenvalue weighted by Crippen LogP contribution is -2.18. The van der Waals surface area contributed by atoms with Crippen molar-refractivity contribution in [1.29, 1.82) is 0 Å². The third-order valence-corrected chi connectivity index (χ3v) is 3.64. The molecule has 0 aliphatic carbocycles. The molecule has 2 nitrogen and oxygen atoms in total. The number of nitrogens with zero attached hydrogens (tertiary/aromatic N) is 1. The molecule has 3 heteroatoms. The van der Waals surface area contributed by atoms with Crippen molar-refractivity contribution in [3.63, 3.8) is 0 Å². The summed E-state index contributed by atoms with van der Waals surface area (Å²) in [6.07, 6.45) is 2.87. The van der Waals surface area contributed by atoms with Gasteiger partial charge in [-0.1, -0.05) is 30.3 Å². The highest BCUT2D eigenvalue weighted by Crippen LogP contribution is 2.18. The molecule has 2 rings (SSSR count). The van der Waals surface area contributed by atoms with Gasteiger partial charge in [0.05, 0.1) is 11.9 Å². The van der Waals surface area contributed by atoms with E-state index in [1.807, 2.05) is 19.2 Å². The van der Waals surface area contributed by atoms with E-state index in [2.05, 4.69) is 63.5 Å². The first-order chi connectivity index (χ1) is 8.65. The van der Waals surface area contributed by atoms with Gasteiger partial charge in [0.2, 0.25) is 0 Å². The monoisotopic (exact) mass is 304 g/mol. The molecule has 0 radical (unpaired) electrons. The van der Waals surface area contributed by atoms with Gasteiger partial charge < -0.3 is 5.32 Å². The summed E-state index contributed by atoms with van der Waals surface area (Å²) in [5, 5.41) is 3.48. The van der Waals surface area contributed by atoms with Gasteiger partial charge in [-0.2, -0.15) is 0 Å². The predicted molar refractivity (Wildman–Crippen MR) is 79.9 cm³/mol. The minimum atomic E-state index is 0.384. The summed E-state index contributed by atoms with van der Waals surface area (Å²) < 4.78 is 0.906. The first-order valence-corrected chi connectivity index (χ1v) is 6.87. The van der Waals surface area contributed by atoms with Crippen molar-refractivity contribution in [3.8, 4) is 0 Å². The van der Waals surface area contributed by atoms with Gasteiger partial charge in [-0.05, 0) is 53.4 Å². The van der Waals surface area contributed by atoms with Gasteiger partial charge in [0, 0.05) is 6.04 Å². The van der Waals surface area contributed by atoms with Crippen LogP contribution in [0.3, 0.4) is 0 Å². The van der Waals surface area contributed by atoms with Gasteiger partial charge in [-0.15, -0.1) is 0 Å². The number of benzene rings is 1. The Kier molecular flexibility index (Phi) is 4.37. The first-order valence-electron chi connectivity index (χ1n) is 6.08. The van der Waals surface area contributed by atoms with Crippen LogP contribution in [0.15, 0.2) is 47.2 Å². The van der Waals surface area contributed by atoms with Crippen LogP contribution in [-0.4, -0.2) is 11.0 Å². The van der Waals surface area contributed by atoms with E-state index in [9.17, 15) is 0 Å². The van der Waals surface area contributed by atoms with Gasteiger partial charge in [-0.3, -0.25) is 0 Å². The second-order valence-electron chi connectivity index (χ2n) is 4.57. The van der Waals surface area contributed by atoms with E-state index < -0.39 is 0 Å². The maximum Gasteiger partial charge on any atom is 0.109 e.